The molecule has 0 aliphatic heterocycles. The average Bonchev–Trinajstić information content (AvgIpc) is 3.59. The molecule has 0 aliphatic rings. The highest BCUT2D eigenvalue weighted by molar-refractivity contribution is 6.07. The fraction of sp³-hybridized carbons (Fsp3) is 0.0196. The molecule has 0 radical (unpaired) electrons. The van der Waals surface area contributed by atoms with E-state index < -0.39 is 11.7 Å². The molecule has 0 N–H and O–H groups in total. The monoisotopic (exact) mass is 717 g/mol. The normalized spacial score (nSPS) is 11.5. The van der Waals surface area contributed by atoms with E-state index in [0.717, 1.165) is 84.5 Å². The number of halogens is 3. The van der Waals surface area contributed by atoms with E-state index >= 15 is 0 Å². The largest absolute Gasteiger partial charge is 0.416 e. The van der Waals surface area contributed by atoms with Crippen molar-refractivity contribution >= 4 is 10.9 Å². The molecular formula is C51H34F3N. The van der Waals surface area contributed by atoms with Gasteiger partial charge in [0.2, 0.25) is 0 Å². The second kappa shape index (κ2) is 14.1. The van der Waals surface area contributed by atoms with Crippen molar-refractivity contribution in [2.75, 3.05) is 0 Å². The zero-order chi connectivity index (χ0) is 37.4. The summed E-state index contributed by atoms with van der Waals surface area (Å²) in [5.41, 5.74) is 14.2. The molecule has 1 aromatic heterocycles. The molecule has 0 amide bonds. The van der Waals surface area contributed by atoms with Gasteiger partial charge in [-0.15, -0.1) is 0 Å². The van der Waals surface area contributed by atoms with E-state index in [9.17, 15) is 13.2 Å². The lowest BCUT2D eigenvalue weighted by atomic mass is 9.94. The predicted octanol–water partition coefficient (Wildman–Crippen LogP) is 14.7. The van der Waals surface area contributed by atoms with E-state index in [1.165, 1.54) is 23.3 Å². The van der Waals surface area contributed by atoms with Crippen molar-refractivity contribution in [1.29, 1.82) is 0 Å². The van der Waals surface area contributed by atoms with Gasteiger partial charge in [0.1, 0.15) is 0 Å². The van der Waals surface area contributed by atoms with Gasteiger partial charge in [-0.1, -0.05) is 170 Å². The van der Waals surface area contributed by atoms with Gasteiger partial charge in [-0.3, -0.25) is 0 Å². The number of alkyl halides is 3. The van der Waals surface area contributed by atoms with Gasteiger partial charge >= 0.3 is 6.18 Å². The summed E-state index contributed by atoms with van der Waals surface area (Å²) in [7, 11) is 0. The van der Waals surface area contributed by atoms with Gasteiger partial charge in [-0.2, -0.15) is 13.2 Å². The van der Waals surface area contributed by atoms with Crippen molar-refractivity contribution in [3.63, 3.8) is 0 Å². The van der Waals surface area contributed by atoms with Crippen LogP contribution in [0.4, 0.5) is 13.2 Å². The fourth-order valence-electron chi connectivity index (χ4n) is 7.50. The molecule has 9 rings (SSSR count). The lowest BCUT2D eigenvalue weighted by molar-refractivity contribution is -0.137. The molecule has 0 unspecified atom stereocenters. The Bertz CT molecular complexity index is 2710. The molecule has 8 aromatic carbocycles. The average molecular weight is 718 g/mol. The molecule has 1 heterocycles. The summed E-state index contributed by atoms with van der Waals surface area (Å²) in [6.45, 7) is 0. The molecule has 55 heavy (non-hydrogen) atoms. The Labute approximate surface area is 318 Å². The van der Waals surface area contributed by atoms with Crippen LogP contribution in [0.15, 0.2) is 206 Å². The Balaban J connectivity index is 1.22. The van der Waals surface area contributed by atoms with Crippen LogP contribution in [0.2, 0.25) is 0 Å². The summed E-state index contributed by atoms with van der Waals surface area (Å²) >= 11 is 0. The lowest BCUT2D eigenvalue weighted by Gasteiger charge is -2.14. The molecule has 0 bridgehead atoms. The first-order valence-corrected chi connectivity index (χ1v) is 18.2. The Morgan fingerprint density at radius 2 is 0.691 bits per heavy atom. The third kappa shape index (κ3) is 6.64. The lowest BCUT2D eigenvalue weighted by Crippen LogP contribution is -2.04. The highest BCUT2D eigenvalue weighted by atomic mass is 19.4. The van der Waals surface area contributed by atoms with E-state index in [0.29, 0.717) is 0 Å². The summed E-state index contributed by atoms with van der Waals surface area (Å²) in [5, 5.41) is 1.11. The SMILES string of the molecule is FC(F)(F)c1ccc(-c2ccc(-n3c(-c4ccccc4)c(-c4ccc(-c5ccccc5)cc4)c4cc(-c5ccc(-c6ccccc6)cc5)ccc43)cc2)cc1. The van der Waals surface area contributed by atoms with Crippen LogP contribution in [0.25, 0.3) is 83.5 Å². The van der Waals surface area contributed by atoms with Crippen LogP contribution in [-0.4, -0.2) is 4.57 Å². The molecular weight excluding hydrogens is 684 g/mol. The predicted molar refractivity (Wildman–Crippen MR) is 221 cm³/mol. The van der Waals surface area contributed by atoms with Crippen LogP contribution in [0.5, 0.6) is 0 Å². The minimum atomic E-state index is -4.38. The van der Waals surface area contributed by atoms with Crippen molar-refractivity contribution in [3.05, 3.63) is 212 Å². The van der Waals surface area contributed by atoms with Crippen LogP contribution in [0.1, 0.15) is 5.56 Å². The smallest absolute Gasteiger partial charge is 0.309 e. The van der Waals surface area contributed by atoms with E-state index in [-0.39, 0.29) is 0 Å². The first kappa shape index (κ1) is 33.9. The molecule has 1 nitrogen and oxygen atoms in total. The van der Waals surface area contributed by atoms with Gasteiger partial charge in [0.25, 0.3) is 0 Å². The summed E-state index contributed by atoms with van der Waals surface area (Å²) in [4.78, 5) is 0. The minimum absolute atomic E-state index is 0.657. The van der Waals surface area contributed by atoms with Gasteiger partial charge in [0, 0.05) is 16.6 Å². The molecule has 0 spiro atoms. The van der Waals surface area contributed by atoms with Gasteiger partial charge in [0.05, 0.1) is 16.8 Å². The second-order valence-corrected chi connectivity index (χ2v) is 13.7. The number of hydrogen-bond acceptors (Lipinski definition) is 0. The fourth-order valence-corrected chi connectivity index (χ4v) is 7.50. The summed E-state index contributed by atoms with van der Waals surface area (Å²) in [6, 6.07) is 68.9. The van der Waals surface area contributed by atoms with E-state index in [1.807, 2.05) is 30.3 Å². The quantitative estimate of drug-likeness (QED) is 0.155. The zero-order valence-corrected chi connectivity index (χ0v) is 29.7. The maximum Gasteiger partial charge on any atom is 0.416 e. The second-order valence-electron chi connectivity index (χ2n) is 13.7. The van der Waals surface area contributed by atoms with Crippen LogP contribution >= 0.6 is 0 Å². The Kier molecular flexibility index (Phi) is 8.72. The number of fused-ring (bicyclic) bond motifs is 1. The molecule has 0 atom stereocenters. The van der Waals surface area contributed by atoms with Gasteiger partial charge in [-0.05, 0) is 92.0 Å². The first-order chi connectivity index (χ1) is 26.9. The molecule has 4 heteroatoms. The third-order valence-electron chi connectivity index (χ3n) is 10.3. The minimum Gasteiger partial charge on any atom is -0.309 e. The van der Waals surface area contributed by atoms with Gasteiger partial charge < -0.3 is 4.57 Å². The number of rotatable bonds is 7. The summed E-state index contributed by atoms with van der Waals surface area (Å²) in [5.74, 6) is 0. The first-order valence-electron chi connectivity index (χ1n) is 18.2. The number of benzene rings is 8. The van der Waals surface area contributed by atoms with Crippen LogP contribution in [0, 0.1) is 0 Å². The zero-order valence-electron chi connectivity index (χ0n) is 29.7. The number of nitrogens with zero attached hydrogens (tertiary/aromatic N) is 1. The number of aromatic nitrogens is 1. The van der Waals surface area contributed by atoms with E-state index in [2.05, 4.69) is 156 Å². The summed E-state index contributed by atoms with van der Waals surface area (Å²) in [6.07, 6.45) is -4.38. The van der Waals surface area contributed by atoms with Crippen LogP contribution in [-0.2, 0) is 6.18 Å². The molecule has 0 aliphatic carbocycles. The van der Waals surface area contributed by atoms with Crippen molar-refractivity contribution in [2.24, 2.45) is 0 Å². The maximum atomic E-state index is 13.3. The van der Waals surface area contributed by atoms with Crippen LogP contribution < -0.4 is 0 Å². The van der Waals surface area contributed by atoms with Gasteiger partial charge in [0.15, 0.2) is 0 Å². The van der Waals surface area contributed by atoms with Crippen molar-refractivity contribution < 1.29 is 13.2 Å². The molecule has 0 saturated heterocycles. The van der Waals surface area contributed by atoms with E-state index in [1.54, 1.807) is 0 Å². The Morgan fingerprint density at radius 3 is 1.16 bits per heavy atom. The van der Waals surface area contributed by atoms with Gasteiger partial charge in [-0.25, -0.2) is 0 Å². The standard InChI is InChI=1S/C51H34F3N/c52-51(53,54)45-29-24-39(25-30-45)40-26-31-46(32-27-40)55-48-33-28-44(41-18-16-37(17-19-41)35-10-4-1-5-11-35)34-47(48)49(50(55)43-14-8-3-9-15-43)42-22-20-38(21-23-42)36-12-6-2-7-13-36/h1-34H. The summed E-state index contributed by atoms with van der Waals surface area (Å²) < 4.78 is 42.2. The molecule has 9 aromatic rings. The van der Waals surface area contributed by atoms with Crippen molar-refractivity contribution in [3.8, 4) is 72.6 Å². The topological polar surface area (TPSA) is 4.93 Å². The highest BCUT2D eigenvalue weighted by Gasteiger charge is 2.30. The molecule has 0 fully saturated rings. The molecule has 264 valence electrons. The molecule has 0 saturated carbocycles. The third-order valence-corrected chi connectivity index (χ3v) is 10.3. The number of hydrogen-bond donors (Lipinski definition) is 0. The Morgan fingerprint density at radius 1 is 0.327 bits per heavy atom. The van der Waals surface area contributed by atoms with E-state index in [4.69, 9.17) is 0 Å². The Hall–Kier alpha value is -6.91. The highest BCUT2D eigenvalue weighted by Crippen LogP contribution is 2.45. The van der Waals surface area contributed by atoms with Crippen LogP contribution in [0.3, 0.4) is 0 Å². The van der Waals surface area contributed by atoms with Crippen molar-refractivity contribution in [2.45, 2.75) is 6.18 Å². The maximum absolute atomic E-state index is 13.3. The van der Waals surface area contributed by atoms with Crippen molar-refractivity contribution in [1.82, 2.24) is 4.57 Å².